The number of hydrogen-bond donors (Lipinski definition) is 2. The third-order valence-corrected chi connectivity index (χ3v) is 6.07. The van der Waals surface area contributed by atoms with Crippen molar-refractivity contribution >= 4 is 50.7 Å². The zero-order chi connectivity index (χ0) is 25.2. The van der Waals surface area contributed by atoms with Gasteiger partial charge in [0, 0.05) is 27.9 Å². The molecule has 2 heterocycles. The number of amides is 2. The van der Waals surface area contributed by atoms with Crippen molar-refractivity contribution in [3.63, 3.8) is 0 Å². The summed E-state index contributed by atoms with van der Waals surface area (Å²) in [6, 6.07) is 15.8. The van der Waals surface area contributed by atoms with Gasteiger partial charge in [0.1, 0.15) is 10.4 Å². The Morgan fingerprint density at radius 1 is 1.06 bits per heavy atom. The van der Waals surface area contributed by atoms with E-state index in [9.17, 15) is 9.59 Å². The maximum Gasteiger partial charge on any atom is 0.260 e. The van der Waals surface area contributed by atoms with E-state index in [0.717, 1.165) is 11.4 Å². The third kappa shape index (κ3) is 5.98. The monoisotopic (exact) mass is 555 g/mol. The van der Waals surface area contributed by atoms with Crippen LogP contribution in [-0.4, -0.2) is 26.8 Å². The molecule has 0 saturated heterocycles. The number of anilines is 2. The Bertz CT molecular complexity index is 1370. The zero-order valence-electron chi connectivity index (χ0n) is 19.3. The summed E-state index contributed by atoms with van der Waals surface area (Å²) in [5.74, 6) is 0.181. The quantitative estimate of drug-likeness (QED) is 0.303. The van der Waals surface area contributed by atoms with Crippen LogP contribution in [0.3, 0.4) is 0 Å². The maximum absolute atomic E-state index is 12.8. The molecule has 0 unspecified atom stereocenters. The first-order valence-corrected chi connectivity index (χ1v) is 11.9. The Kier molecular flexibility index (Phi) is 7.09. The van der Waals surface area contributed by atoms with Crippen LogP contribution in [0.5, 0.6) is 0 Å². The summed E-state index contributed by atoms with van der Waals surface area (Å²) in [7, 11) is 0. The highest BCUT2D eigenvalue weighted by molar-refractivity contribution is 9.10. The standard InChI is InChI=1S/C25H23BrClN5O3/c1-25(2,3)21-12-18(31-35-21)13-22(33)29-16-7-9-17(10-8-16)30-24(34)20-14-28-32(23(20)26)19-6-4-5-15(27)11-19/h4-12,14H,13H2,1-3H3,(H,29,33)(H,30,34). The fourth-order valence-electron chi connectivity index (χ4n) is 3.23. The number of rotatable bonds is 6. The SMILES string of the molecule is CC(C)(C)c1cc(CC(=O)Nc2ccc(NC(=O)c3cnn(-c4cccc(Cl)c4)c3Br)cc2)no1. The van der Waals surface area contributed by atoms with Gasteiger partial charge in [-0.2, -0.15) is 5.10 Å². The van der Waals surface area contributed by atoms with Crippen molar-refractivity contribution in [2.45, 2.75) is 32.6 Å². The highest BCUT2D eigenvalue weighted by Gasteiger charge is 2.21. The minimum Gasteiger partial charge on any atom is -0.361 e. The van der Waals surface area contributed by atoms with Crippen LogP contribution in [0, 0.1) is 0 Å². The maximum atomic E-state index is 12.8. The molecular weight excluding hydrogens is 534 g/mol. The Balaban J connectivity index is 1.37. The summed E-state index contributed by atoms with van der Waals surface area (Å²) in [5.41, 5.74) is 2.66. The van der Waals surface area contributed by atoms with E-state index in [1.807, 2.05) is 26.8 Å². The largest absolute Gasteiger partial charge is 0.361 e. The second-order valence-electron chi connectivity index (χ2n) is 8.93. The minimum atomic E-state index is -0.331. The molecule has 0 radical (unpaired) electrons. The van der Waals surface area contributed by atoms with Crippen LogP contribution in [0.25, 0.3) is 5.69 Å². The van der Waals surface area contributed by atoms with Gasteiger partial charge in [-0.25, -0.2) is 4.68 Å². The second kappa shape index (κ2) is 10.1. The van der Waals surface area contributed by atoms with Crippen molar-refractivity contribution in [3.8, 4) is 5.69 Å². The van der Waals surface area contributed by atoms with E-state index in [0.29, 0.717) is 32.3 Å². The van der Waals surface area contributed by atoms with E-state index in [-0.39, 0.29) is 23.7 Å². The lowest BCUT2D eigenvalue weighted by Crippen LogP contribution is -2.15. The van der Waals surface area contributed by atoms with Crippen LogP contribution >= 0.6 is 27.5 Å². The Labute approximate surface area is 215 Å². The summed E-state index contributed by atoms with van der Waals surface area (Å²) in [5, 5.41) is 14.5. The molecule has 2 aromatic heterocycles. The van der Waals surface area contributed by atoms with Gasteiger partial charge in [0.25, 0.3) is 5.91 Å². The Hall–Kier alpha value is -3.43. The highest BCUT2D eigenvalue weighted by atomic mass is 79.9. The van der Waals surface area contributed by atoms with Gasteiger partial charge in [-0.3, -0.25) is 9.59 Å². The van der Waals surface area contributed by atoms with Crippen LogP contribution in [0.1, 0.15) is 42.6 Å². The smallest absolute Gasteiger partial charge is 0.260 e. The van der Waals surface area contributed by atoms with Crippen LogP contribution in [0.2, 0.25) is 5.02 Å². The number of carbonyl (C=O) groups excluding carboxylic acids is 2. The van der Waals surface area contributed by atoms with Crippen LogP contribution in [-0.2, 0) is 16.6 Å². The van der Waals surface area contributed by atoms with E-state index < -0.39 is 0 Å². The Morgan fingerprint density at radius 3 is 2.37 bits per heavy atom. The van der Waals surface area contributed by atoms with Crippen LogP contribution < -0.4 is 10.6 Å². The average Bonchev–Trinajstić information content (AvgIpc) is 3.42. The zero-order valence-corrected chi connectivity index (χ0v) is 21.6. The number of halogens is 2. The molecular formula is C25H23BrClN5O3. The van der Waals surface area contributed by atoms with Gasteiger partial charge in [-0.05, 0) is 58.4 Å². The van der Waals surface area contributed by atoms with E-state index in [4.69, 9.17) is 16.1 Å². The molecule has 2 amide bonds. The molecule has 0 aliphatic rings. The molecule has 10 heteroatoms. The Morgan fingerprint density at radius 2 is 1.74 bits per heavy atom. The number of nitrogens with zero attached hydrogens (tertiary/aromatic N) is 3. The molecule has 0 fully saturated rings. The summed E-state index contributed by atoms with van der Waals surface area (Å²) >= 11 is 9.50. The number of nitrogens with one attached hydrogen (secondary N) is 2. The second-order valence-corrected chi connectivity index (χ2v) is 10.1. The van der Waals surface area contributed by atoms with Gasteiger partial charge < -0.3 is 15.2 Å². The van der Waals surface area contributed by atoms with E-state index in [2.05, 4.69) is 36.8 Å². The number of carbonyl (C=O) groups is 2. The normalized spacial score (nSPS) is 11.3. The van der Waals surface area contributed by atoms with Crippen molar-refractivity contribution in [2.75, 3.05) is 10.6 Å². The predicted octanol–water partition coefficient (Wildman–Crippen LogP) is 6.01. The fourth-order valence-corrected chi connectivity index (χ4v) is 3.99. The van der Waals surface area contributed by atoms with Crippen LogP contribution in [0.15, 0.2) is 69.9 Å². The molecule has 8 nitrogen and oxygen atoms in total. The molecule has 4 aromatic rings. The fraction of sp³-hybridized carbons (Fsp3) is 0.200. The molecule has 0 aliphatic carbocycles. The minimum absolute atomic E-state index is 0.0999. The van der Waals surface area contributed by atoms with Crippen molar-refractivity contribution in [2.24, 2.45) is 0 Å². The summed E-state index contributed by atoms with van der Waals surface area (Å²) in [6.45, 7) is 6.05. The summed E-state index contributed by atoms with van der Waals surface area (Å²) in [4.78, 5) is 25.2. The van der Waals surface area contributed by atoms with Gasteiger partial charge in [-0.1, -0.05) is 43.6 Å². The molecule has 2 aromatic carbocycles. The van der Waals surface area contributed by atoms with Gasteiger partial charge >= 0.3 is 0 Å². The van der Waals surface area contributed by atoms with E-state index in [1.54, 1.807) is 53.2 Å². The first-order chi connectivity index (χ1) is 16.6. The molecule has 0 bridgehead atoms. The van der Waals surface area contributed by atoms with Gasteiger partial charge in [0.2, 0.25) is 5.91 Å². The van der Waals surface area contributed by atoms with E-state index in [1.165, 1.54) is 6.20 Å². The van der Waals surface area contributed by atoms with E-state index >= 15 is 0 Å². The molecule has 35 heavy (non-hydrogen) atoms. The van der Waals surface area contributed by atoms with Gasteiger partial charge in [-0.15, -0.1) is 0 Å². The van der Waals surface area contributed by atoms with Crippen molar-refractivity contribution in [1.29, 1.82) is 0 Å². The van der Waals surface area contributed by atoms with Crippen molar-refractivity contribution in [3.05, 3.63) is 87.4 Å². The summed E-state index contributed by atoms with van der Waals surface area (Å²) in [6.07, 6.45) is 1.58. The van der Waals surface area contributed by atoms with Gasteiger partial charge in [0.05, 0.1) is 29.6 Å². The molecule has 0 spiro atoms. The number of benzene rings is 2. The third-order valence-electron chi connectivity index (χ3n) is 5.07. The molecule has 0 saturated carbocycles. The first-order valence-electron chi connectivity index (χ1n) is 10.8. The van der Waals surface area contributed by atoms with Gasteiger partial charge in [0.15, 0.2) is 0 Å². The van der Waals surface area contributed by atoms with Crippen molar-refractivity contribution in [1.82, 2.24) is 14.9 Å². The lowest BCUT2D eigenvalue weighted by atomic mass is 9.93. The van der Waals surface area contributed by atoms with Crippen LogP contribution in [0.4, 0.5) is 11.4 Å². The lowest BCUT2D eigenvalue weighted by molar-refractivity contribution is -0.115. The number of aromatic nitrogens is 3. The predicted molar refractivity (Wildman–Crippen MR) is 138 cm³/mol. The molecule has 4 rings (SSSR count). The summed E-state index contributed by atoms with van der Waals surface area (Å²) < 4.78 is 7.41. The van der Waals surface area contributed by atoms with Crippen molar-refractivity contribution < 1.29 is 14.1 Å². The highest BCUT2D eigenvalue weighted by Crippen LogP contribution is 2.25. The average molecular weight is 557 g/mol. The molecule has 0 aliphatic heterocycles. The first kappa shape index (κ1) is 24.7. The number of hydrogen-bond acceptors (Lipinski definition) is 5. The lowest BCUT2D eigenvalue weighted by Gasteiger charge is -2.12. The molecule has 0 atom stereocenters. The molecule has 2 N–H and O–H groups in total. The topological polar surface area (TPSA) is 102 Å². The molecule has 180 valence electrons.